The number of rotatable bonds is 1. The zero-order valence-electron chi connectivity index (χ0n) is 7.42. The fourth-order valence-electron chi connectivity index (χ4n) is 1.33. The van der Waals surface area contributed by atoms with Gasteiger partial charge in [0.05, 0.1) is 5.69 Å². The van der Waals surface area contributed by atoms with E-state index in [0.717, 1.165) is 14.4 Å². The van der Waals surface area contributed by atoms with Gasteiger partial charge in [-0.1, -0.05) is 11.3 Å². The lowest BCUT2D eigenvalue weighted by Crippen LogP contribution is -1.98. The molecule has 0 N–H and O–H groups in total. The van der Waals surface area contributed by atoms with Crippen molar-refractivity contribution in [1.29, 1.82) is 0 Å². The zero-order chi connectivity index (χ0) is 9.92. The maximum Gasteiger partial charge on any atom is 0.213 e. The van der Waals surface area contributed by atoms with Crippen molar-refractivity contribution in [1.82, 2.24) is 14.6 Å². The number of imidazole rings is 1. The standard InChI is InChI=1S/C8H7FIN3S/c1-4-5(10)13-7(11-4)14-6(12-13)8(9)2-3-8/h2-3H2,1H3. The van der Waals surface area contributed by atoms with Crippen LogP contribution in [0.2, 0.25) is 0 Å². The topological polar surface area (TPSA) is 30.2 Å². The molecule has 0 unspecified atom stereocenters. The summed E-state index contributed by atoms with van der Waals surface area (Å²) in [5.74, 6) is 0. The maximum atomic E-state index is 13.7. The van der Waals surface area contributed by atoms with E-state index in [0.29, 0.717) is 17.8 Å². The summed E-state index contributed by atoms with van der Waals surface area (Å²) in [5, 5.41) is 4.84. The molecule has 0 spiro atoms. The van der Waals surface area contributed by atoms with Gasteiger partial charge in [0, 0.05) is 0 Å². The summed E-state index contributed by atoms with van der Waals surface area (Å²) < 4.78 is 16.4. The molecular formula is C8H7FIN3S. The van der Waals surface area contributed by atoms with Crippen LogP contribution in [0.3, 0.4) is 0 Å². The number of aromatic nitrogens is 3. The predicted molar refractivity (Wildman–Crippen MR) is 60.3 cm³/mol. The van der Waals surface area contributed by atoms with Gasteiger partial charge in [-0.15, -0.1) is 0 Å². The molecule has 0 aliphatic heterocycles. The molecule has 2 aromatic heterocycles. The molecular weight excluding hydrogens is 316 g/mol. The molecule has 1 saturated carbocycles. The molecule has 1 aliphatic rings. The highest BCUT2D eigenvalue weighted by molar-refractivity contribution is 14.1. The lowest BCUT2D eigenvalue weighted by atomic mass is 10.4. The Hall–Kier alpha value is -0.240. The number of hydrogen-bond donors (Lipinski definition) is 0. The molecule has 0 saturated heterocycles. The van der Waals surface area contributed by atoms with Crippen molar-refractivity contribution in [2.24, 2.45) is 0 Å². The molecule has 14 heavy (non-hydrogen) atoms. The summed E-state index contributed by atoms with van der Waals surface area (Å²) in [6.07, 6.45) is 1.22. The van der Waals surface area contributed by atoms with E-state index in [-0.39, 0.29) is 0 Å². The fraction of sp³-hybridized carbons (Fsp3) is 0.500. The van der Waals surface area contributed by atoms with Gasteiger partial charge in [0.25, 0.3) is 0 Å². The Morgan fingerprint density at radius 1 is 1.57 bits per heavy atom. The van der Waals surface area contributed by atoms with Gasteiger partial charge in [0.1, 0.15) is 3.70 Å². The van der Waals surface area contributed by atoms with E-state index in [9.17, 15) is 4.39 Å². The van der Waals surface area contributed by atoms with Gasteiger partial charge in [0.15, 0.2) is 10.7 Å². The van der Waals surface area contributed by atoms with Crippen LogP contribution in [0.25, 0.3) is 4.96 Å². The molecule has 3 rings (SSSR count). The van der Waals surface area contributed by atoms with E-state index in [1.54, 1.807) is 4.52 Å². The number of hydrogen-bond acceptors (Lipinski definition) is 3. The van der Waals surface area contributed by atoms with E-state index >= 15 is 0 Å². The maximum absolute atomic E-state index is 13.7. The normalized spacial score (nSPS) is 19.1. The van der Waals surface area contributed by atoms with E-state index in [2.05, 4.69) is 32.7 Å². The first kappa shape index (κ1) is 9.02. The minimum Gasteiger partial charge on any atom is -0.236 e. The number of alkyl halides is 1. The van der Waals surface area contributed by atoms with Crippen LogP contribution >= 0.6 is 33.9 Å². The summed E-state index contributed by atoms with van der Waals surface area (Å²) in [7, 11) is 0. The first-order chi connectivity index (χ1) is 6.60. The average molecular weight is 323 g/mol. The molecule has 1 aliphatic carbocycles. The molecule has 0 aromatic carbocycles. The van der Waals surface area contributed by atoms with Crippen LogP contribution in [0, 0.1) is 10.6 Å². The van der Waals surface area contributed by atoms with E-state index in [1.807, 2.05) is 6.92 Å². The predicted octanol–water partition coefficient (Wildman–Crippen LogP) is 2.66. The first-order valence-electron chi connectivity index (χ1n) is 4.31. The second-order valence-corrected chi connectivity index (χ2v) is 5.53. The van der Waals surface area contributed by atoms with Gasteiger partial charge in [-0.2, -0.15) is 9.61 Å². The Morgan fingerprint density at radius 2 is 2.29 bits per heavy atom. The monoisotopic (exact) mass is 323 g/mol. The molecule has 0 radical (unpaired) electrons. The highest BCUT2D eigenvalue weighted by atomic mass is 127. The summed E-state index contributed by atoms with van der Waals surface area (Å²) in [6, 6.07) is 0. The largest absolute Gasteiger partial charge is 0.236 e. The van der Waals surface area contributed by atoms with Crippen molar-refractivity contribution < 1.29 is 4.39 Å². The van der Waals surface area contributed by atoms with Crippen molar-refractivity contribution in [3.8, 4) is 0 Å². The molecule has 0 atom stereocenters. The van der Waals surface area contributed by atoms with E-state index < -0.39 is 5.67 Å². The van der Waals surface area contributed by atoms with Gasteiger partial charge in [-0.3, -0.25) is 0 Å². The molecule has 0 amide bonds. The minimum absolute atomic E-state index is 0.581. The second kappa shape index (κ2) is 2.66. The Labute approximate surface area is 97.5 Å². The molecule has 74 valence electrons. The zero-order valence-corrected chi connectivity index (χ0v) is 10.4. The lowest BCUT2D eigenvalue weighted by molar-refractivity contribution is 0.314. The number of fused-ring (bicyclic) bond motifs is 1. The first-order valence-corrected chi connectivity index (χ1v) is 6.21. The van der Waals surface area contributed by atoms with Crippen molar-refractivity contribution >= 4 is 38.9 Å². The smallest absolute Gasteiger partial charge is 0.213 e. The Morgan fingerprint density at radius 3 is 2.86 bits per heavy atom. The minimum atomic E-state index is -1.14. The third kappa shape index (κ3) is 1.13. The summed E-state index contributed by atoms with van der Waals surface area (Å²) >= 11 is 3.54. The number of aryl methyl sites for hydroxylation is 1. The van der Waals surface area contributed by atoms with Crippen LogP contribution in [-0.4, -0.2) is 14.6 Å². The van der Waals surface area contributed by atoms with Crippen molar-refractivity contribution in [3.05, 3.63) is 14.4 Å². The Bertz CT molecular complexity index is 514. The van der Waals surface area contributed by atoms with Crippen LogP contribution in [0.15, 0.2) is 0 Å². The van der Waals surface area contributed by atoms with Gasteiger partial charge in [-0.25, -0.2) is 9.37 Å². The Balaban J connectivity index is 2.22. The van der Waals surface area contributed by atoms with E-state index in [1.165, 1.54) is 11.3 Å². The Kier molecular flexibility index (Phi) is 1.71. The molecule has 1 fully saturated rings. The van der Waals surface area contributed by atoms with Crippen LogP contribution < -0.4 is 0 Å². The molecule has 0 bridgehead atoms. The number of nitrogens with zero attached hydrogens (tertiary/aromatic N) is 3. The molecule has 2 aromatic rings. The van der Waals surface area contributed by atoms with Crippen LogP contribution in [0.4, 0.5) is 4.39 Å². The second-order valence-electron chi connectivity index (χ2n) is 3.55. The van der Waals surface area contributed by atoms with Gasteiger partial charge < -0.3 is 0 Å². The van der Waals surface area contributed by atoms with Crippen molar-refractivity contribution in [3.63, 3.8) is 0 Å². The van der Waals surface area contributed by atoms with Crippen LogP contribution in [0.1, 0.15) is 23.5 Å². The fourth-order valence-corrected chi connectivity index (χ4v) is 3.03. The number of halogens is 2. The van der Waals surface area contributed by atoms with Gasteiger partial charge >= 0.3 is 0 Å². The quantitative estimate of drug-likeness (QED) is 0.756. The summed E-state index contributed by atoms with van der Waals surface area (Å²) in [6.45, 7) is 1.94. The van der Waals surface area contributed by atoms with Crippen molar-refractivity contribution in [2.45, 2.75) is 25.4 Å². The van der Waals surface area contributed by atoms with Gasteiger partial charge in [0.2, 0.25) is 4.96 Å². The van der Waals surface area contributed by atoms with Crippen LogP contribution in [-0.2, 0) is 5.67 Å². The van der Waals surface area contributed by atoms with Crippen LogP contribution in [0.5, 0.6) is 0 Å². The third-order valence-corrected chi connectivity index (χ3v) is 4.71. The highest BCUT2D eigenvalue weighted by Crippen LogP contribution is 2.50. The lowest BCUT2D eigenvalue weighted by Gasteiger charge is -1.95. The third-order valence-electron chi connectivity index (χ3n) is 2.38. The molecule has 3 nitrogen and oxygen atoms in total. The molecule has 6 heteroatoms. The highest BCUT2D eigenvalue weighted by Gasteiger charge is 2.48. The van der Waals surface area contributed by atoms with E-state index in [4.69, 9.17) is 0 Å². The van der Waals surface area contributed by atoms with Gasteiger partial charge in [-0.05, 0) is 42.4 Å². The molecule has 2 heterocycles. The average Bonchev–Trinajstić information content (AvgIpc) is 2.67. The SMILES string of the molecule is Cc1nc2sc(C3(F)CC3)nn2c1I. The summed E-state index contributed by atoms with van der Waals surface area (Å²) in [5.41, 5.74) is -0.179. The van der Waals surface area contributed by atoms with Crippen molar-refractivity contribution in [2.75, 3.05) is 0 Å². The summed E-state index contributed by atoms with van der Waals surface area (Å²) in [4.78, 5) is 5.12.